The minimum Gasteiger partial charge on any atom is -0.343 e. The predicted molar refractivity (Wildman–Crippen MR) is 148 cm³/mol. The van der Waals surface area contributed by atoms with E-state index in [0.29, 0.717) is 11.7 Å². The highest BCUT2D eigenvalue weighted by molar-refractivity contribution is 5.92. The summed E-state index contributed by atoms with van der Waals surface area (Å²) in [6.45, 7) is 5.58. The molecule has 3 amide bonds. The Morgan fingerprint density at radius 3 is 2.26 bits per heavy atom. The molecule has 1 aliphatic heterocycles. The monoisotopic (exact) mass is 533 g/mol. The Labute approximate surface area is 228 Å². The van der Waals surface area contributed by atoms with E-state index in [1.54, 1.807) is 24.0 Å². The van der Waals surface area contributed by atoms with Gasteiger partial charge in [-0.2, -0.15) is 5.10 Å². The molecule has 0 saturated carbocycles. The first-order valence-electron chi connectivity index (χ1n) is 13.3. The summed E-state index contributed by atoms with van der Waals surface area (Å²) in [5, 5.41) is 7.32. The van der Waals surface area contributed by atoms with Gasteiger partial charge in [0.15, 0.2) is 5.82 Å². The summed E-state index contributed by atoms with van der Waals surface area (Å²) in [6.07, 6.45) is 0.291. The first-order valence-corrected chi connectivity index (χ1v) is 13.3. The lowest BCUT2D eigenvalue weighted by Crippen LogP contribution is -2.47. The fraction of sp³-hybridized carbons (Fsp3) is 0.400. The molecule has 2 aromatic carbocycles. The number of benzene rings is 2. The largest absolute Gasteiger partial charge is 0.343 e. The fourth-order valence-corrected chi connectivity index (χ4v) is 4.96. The average Bonchev–Trinajstić information content (AvgIpc) is 3.53. The lowest BCUT2D eigenvalue weighted by Gasteiger charge is -2.28. The number of halogens is 1. The second-order valence-corrected chi connectivity index (χ2v) is 10.3. The summed E-state index contributed by atoms with van der Waals surface area (Å²) in [5.74, 6) is -0.228. The molecule has 206 valence electrons. The Bertz CT molecular complexity index is 1290. The topological polar surface area (TPSA) is 87.5 Å². The minimum absolute atomic E-state index is 0.0502. The Balaban J connectivity index is 1.50. The summed E-state index contributed by atoms with van der Waals surface area (Å²) in [7, 11) is 1.74. The van der Waals surface area contributed by atoms with Crippen molar-refractivity contribution in [2.45, 2.75) is 57.8 Å². The molecule has 0 aliphatic carbocycles. The summed E-state index contributed by atoms with van der Waals surface area (Å²) in [4.78, 5) is 41.7. The van der Waals surface area contributed by atoms with Crippen molar-refractivity contribution in [2.75, 3.05) is 18.0 Å². The number of aryl methyl sites for hydroxylation is 1. The van der Waals surface area contributed by atoms with Crippen LogP contribution in [0.3, 0.4) is 0 Å². The number of carbonyl (C=O) groups is 3. The predicted octanol–water partition coefficient (Wildman–Crippen LogP) is 4.13. The summed E-state index contributed by atoms with van der Waals surface area (Å²) < 4.78 is 16.2. The SMILES string of the molecule is CC(=O)N(CCC(=O)N1C[C@H](F)C[C@H]1C(=O)NC(c1ccccc1)c1ccc(C(C)C)cc1)c1ccn(C)n1. The van der Waals surface area contributed by atoms with Gasteiger partial charge in [-0.1, -0.05) is 68.4 Å². The molecule has 3 aromatic rings. The van der Waals surface area contributed by atoms with Crippen LogP contribution in [0.1, 0.15) is 62.3 Å². The third-order valence-corrected chi connectivity index (χ3v) is 7.13. The van der Waals surface area contributed by atoms with E-state index in [-0.39, 0.29) is 37.7 Å². The molecule has 0 spiro atoms. The normalized spacial score (nSPS) is 17.7. The van der Waals surface area contributed by atoms with Crippen LogP contribution in [0, 0.1) is 0 Å². The molecule has 1 saturated heterocycles. The van der Waals surface area contributed by atoms with E-state index >= 15 is 0 Å². The van der Waals surface area contributed by atoms with Gasteiger partial charge in [0.05, 0.1) is 12.6 Å². The number of hydrogen-bond acceptors (Lipinski definition) is 4. The highest BCUT2D eigenvalue weighted by Crippen LogP contribution is 2.27. The van der Waals surface area contributed by atoms with Crippen molar-refractivity contribution >= 4 is 23.5 Å². The van der Waals surface area contributed by atoms with Crippen molar-refractivity contribution in [3.8, 4) is 0 Å². The average molecular weight is 534 g/mol. The number of amides is 3. The van der Waals surface area contributed by atoms with Gasteiger partial charge in [-0.3, -0.25) is 24.0 Å². The fourth-order valence-electron chi connectivity index (χ4n) is 4.96. The Morgan fingerprint density at radius 2 is 1.67 bits per heavy atom. The molecule has 9 heteroatoms. The second-order valence-electron chi connectivity index (χ2n) is 10.3. The molecule has 3 atom stereocenters. The van der Waals surface area contributed by atoms with Crippen LogP contribution in [0.25, 0.3) is 0 Å². The maximum Gasteiger partial charge on any atom is 0.243 e. The van der Waals surface area contributed by atoms with E-state index < -0.39 is 24.2 Å². The van der Waals surface area contributed by atoms with Gasteiger partial charge in [-0.05, 0) is 22.6 Å². The van der Waals surface area contributed by atoms with Crippen molar-refractivity contribution in [3.05, 3.63) is 83.6 Å². The summed E-state index contributed by atoms with van der Waals surface area (Å²) in [5.41, 5.74) is 2.98. The number of carbonyl (C=O) groups excluding carboxylic acids is 3. The van der Waals surface area contributed by atoms with Crippen LogP contribution >= 0.6 is 0 Å². The van der Waals surface area contributed by atoms with Crippen molar-refractivity contribution < 1.29 is 18.8 Å². The van der Waals surface area contributed by atoms with Crippen molar-refractivity contribution in [1.29, 1.82) is 0 Å². The standard InChI is InChI=1S/C30H36FN5O3/c1-20(2)22-10-12-24(13-11-22)29(23-8-6-5-7-9-23)32-30(39)26-18-25(31)19-36(26)28(38)15-17-35(21(3)37)27-14-16-34(4)33-27/h5-14,16,20,25-26,29H,15,17-19H2,1-4H3,(H,32,39)/t25-,26+,29?/m1/s1. The third kappa shape index (κ3) is 6.71. The molecule has 1 fully saturated rings. The van der Waals surface area contributed by atoms with Crippen molar-refractivity contribution in [2.24, 2.45) is 7.05 Å². The number of hydrogen-bond donors (Lipinski definition) is 1. The van der Waals surface area contributed by atoms with E-state index in [1.165, 1.54) is 22.3 Å². The maximum atomic E-state index is 14.6. The zero-order valence-corrected chi connectivity index (χ0v) is 22.9. The van der Waals surface area contributed by atoms with E-state index in [9.17, 15) is 18.8 Å². The molecule has 2 heterocycles. The van der Waals surface area contributed by atoms with E-state index in [4.69, 9.17) is 0 Å². The van der Waals surface area contributed by atoms with Crippen LogP contribution in [-0.4, -0.2) is 57.7 Å². The quantitative estimate of drug-likeness (QED) is 0.448. The molecular weight excluding hydrogens is 497 g/mol. The molecule has 8 nitrogen and oxygen atoms in total. The van der Waals surface area contributed by atoms with Crippen LogP contribution in [0.15, 0.2) is 66.9 Å². The summed E-state index contributed by atoms with van der Waals surface area (Å²) in [6, 6.07) is 18.0. The van der Waals surface area contributed by atoms with Crippen LogP contribution in [0.5, 0.6) is 0 Å². The minimum atomic E-state index is -1.30. The first-order chi connectivity index (χ1) is 18.6. The second kappa shape index (κ2) is 12.2. The lowest BCUT2D eigenvalue weighted by molar-refractivity contribution is -0.138. The van der Waals surface area contributed by atoms with Crippen molar-refractivity contribution in [3.63, 3.8) is 0 Å². The highest BCUT2D eigenvalue weighted by Gasteiger charge is 2.40. The van der Waals surface area contributed by atoms with Gasteiger partial charge in [0.2, 0.25) is 17.7 Å². The first kappa shape index (κ1) is 28.0. The lowest BCUT2D eigenvalue weighted by atomic mass is 9.95. The van der Waals surface area contributed by atoms with Gasteiger partial charge in [0, 0.05) is 45.6 Å². The van der Waals surface area contributed by atoms with Gasteiger partial charge in [0.25, 0.3) is 0 Å². The number of nitrogens with zero attached hydrogens (tertiary/aromatic N) is 4. The summed E-state index contributed by atoms with van der Waals surface area (Å²) >= 11 is 0. The molecule has 0 bridgehead atoms. The molecule has 1 N–H and O–H groups in total. The number of aromatic nitrogens is 2. The molecule has 1 unspecified atom stereocenters. The van der Waals surface area contributed by atoms with Gasteiger partial charge < -0.3 is 10.2 Å². The van der Waals surface area contributed by atoms with E-state index in [1.807, 2.05) is 54.6 Å². The molecule has 4 rings (SSSR count). The molecule has 1 aliphatic rings. The zero-order valence-electron chi connectivity index (χ0n) is 22.9. The smallest absolute Gasteiger partial charge is 0.243 e. The molecule has 1 aromatic heterocycles. The molecule has 39 heavy (non-hydrogen) atoms. The van der Waals surface area contributed by atoms with E-state index in [0.717, 1.165) is 11.1 Å². The number of rotatable bonds is 9. The zero-order chi connectivity index (χ0) is 28.1. The van der Waals surface area contributed by atoms with Gasteiger partial charge in [0.1, 0.15) is 12.2 Å². The van der Waals surface area contributed by atoms with Crippen LogP contribution in [0.4, 0.5) is 10.2 Å². The Morgan fingerprint density at radius 1 is 1.03 bits per heavy atom. The van der Waals surface area contributed by atoms with Crippen LogP contribution in [0.2, 0.25) is 0 Å². The van der Waals surface area contributed by atoms with Gasteiger partial charge in [-0.15, -0.1) is 0 Å². The number of anilines is 1. The van der Waals surface area contributed by atoms with Crippen LogP contribution < -0.4 is 10.2 Å². The van der Waals surface area contributed by atoms with Crippen LogP contribution in [-0.2, 0) is 21.4 Å². The molecule has 0 radical (unpaired) electrons. The van der Waals surface area contributed by atoms with Gasteiger partial charge in [-0.25, -0.2) is 4.39 Å². The molecular formula is C30H36FN5O3. The third-order valence-electron chi connectivity index (χ3n) is 7.13. The maximum absolute atomic E-state index is 14.6. The number of alkyl halides is 1. The van der Waals surface area contributed by atoms with Crippen molar-refractivity contribution in [1.82, 2.24) is 20.0 Å². The van der Waals surface area contributed by atoms with E-state index in [2.05, 4.69) is 24.3 Å². The number of likely N-dealkylation sites (tertiary alicyclic amines) is 1. The highest BCUT2D eigenvalue weighted by atomic mass is 19.1. The van der Waals surface area contributed by atoms with Gasteiger partial charge >= 0.3 is 0 Å². The Hall–Kier alpha value is -4.01. The number of nitrogens with one attached hydrogen (secondary N) is 1. The Kier molecular flexibility index (Phi) is 8.79.